The van der Waals surface area contributed by atoms with Crippen molar-refractivity contribution in [3.8, 4) is 0 Å². The Bertz CT molecular complexity index is 1460. The van der Waals surface area contributed by atoms with Crippen LogP contribution in [-0.2, 0) is 24.3 Å². The lowest BCUT2D eigenvalue weighted by Gasteiger charge is -2.42. The summed E-state index contributed by atoms with van der Waals surface area (Å²) in [5.41, 5.74) is 4.68. The third-order valence-electron chi connectivity index (χ3n) is 9.39. The van der Waals surface area contributed by atoms with Crippen molar-refractivity contribution in [3.63, 3.8) is 0 Å². The van der Waals surface area contributed by atoms with E-state index in [2.05, 4.69) is 43.9 Å². The molecule has 3 aromatic rings. The summed E-state index contributed by atoms with van der Waals surface area (Å²) >= 11 is 1.44. The summed E-state index contributed by atoms with van der Waals surface area (Å²) < 4.78 is 0. The highest BCUT2D eigenvalue weighted by Crippen LogP contribution is 2.35. The zero-order chi connectivity index (χ0) is 27.9. The first-order chi connectivity index (χ1) is 20.1. The van der Waals surface area contributed by atoms with Crippen LogP contribution in [0.15, 0.2) is 54.0 Å². The van der Waals surface area contributed by atoms with Crippen molar-refractivity contribution in [2.24, 2.45) is 5.92 Å². The first kappa shape index (κ1) is 26.3. The van der Waals surface area contributed by atoms with Crippen molar-refractivity contribution in [1.29, 1.82) is 0 Å². The molecule has 7 rings (SSSR count). The number of amides is 3. The molecule has 3 amide bonds. The van der Waals surface area contributed by atoms with Gasteiger partial charge in [-0.05, 0) is 55.4 Å². The predicted octanol–water partition coefficient (Wildman–Crippen LogP) is 4.21. The largest absolute Gasteiger partial charge is 0.371 e. The van der Waals surface area contributed by atoms with Crippen LogP contribution >= 0.6 is 11.3 Å². The topological polar surface area (TPSA) is 77.1 Å². The Kier molecular flexibility index (Phi) is 7.08. The second kappa shape index (κ2) is 11.0. The van der Waals surface area contributed by atoms with Crippen molar-refractivity contribution in [1.82, 2.24) is 19.7 Å². The lowest BCUT2D eigenvalue weighted by Crippen LogP contribution is -2.50. The first-order valence-electron chi connectivity index (χ1n) is 14.8. The molecule has 2 saturated heterocycles. The standard InChI is InChI=1S/C32H35N5O3S/c38-30(35-17-11-25(12-18-35)36-16-8-22-4-1-2-5-24(22)20-36)23-9-14-34(15-10-23)27-7-3-6-26-29(27)32(40)37(31(26)39)21-28-33-13-19-41-28/h1-7,13,19,23,25H,8-12,14-18,20-21H2. The fraction of sp³-hybridized carbons (Fsp3) is 0.438. The summed E-state index contributed by atoms with van der Waals surface area (Å²) in [6, 6.07) is 14.8. The molecule has 0 saturated carbocycles. The fourth-order valence-electron chi connectivity index (χ4n) is 7.10. The monoisotopic (exact) mass is 569 g/mol. The van der Waals surface area contributed by atoms with Gasteiger partial charge in [-0.15, -0.1) is 11.3 Å². The van der Waals surface area contributed by atoms with Crippen LogP contribution in [-0.4, -0.2) is 76.2 Å². The molecule has 0 unspecified atom stereocenters. The van der Waals surface area contributed by atoms with Crippen LogP contribution in [0.4, 0.5) is 5.69 Å². The van der Waals surface area contributed by atoms with Gasteiger partial charge in [0.25, 0.3) is 11.8 Å². The van der Waals surface area contributed by atoms with E-state index in [4.69, 9.17) is 0 Å². The number of likely N-dealkylation sites (tertiary alicyclic amines) is 1. The molecule has 0 bridgehead atoms. The number of fused-ring (bicyclic) bond motifs is 2. The Morgan fingerprint density at radius 3 is 2.41 bits per heavy atom. The third-order valence-corrected chi connectivity index (χ3v) is 10.2. The van der Waals surface area contributed by atoms with Gasteiger partial charge in [0.15, 0.2) is 0 Å². The maximum Gasteiger partial charge on any atom is 0.264 e. The van der Waals surface area contributed by atoms with E-state index in [1.54, 1.807) is 12.3 Å². The minimum absolute atomic E-state index is 0.0140. The van der Waals surface area contributed by atoms with Crippen LogP contribution in [0.25, 0.3) is 0 Å². The first-order valence-corrected chi connectivity index (χ1v) is 15.7. The van der Waals surface area contributed by atoms with Gasteiger partial charge < -0.3 is 9.80 Å². The van der Waals surface area contributed by atoms with Gasteiger partial charge in [0.1, 0.15) is 5.01 Å². The minimum atomic E-state index is -0.260. The second-order valence-electron chi connectivity index (χ2n) is 11.6. The number of carbonyl (C=O) groups excluding carboxylic acids is 3. The number of imide groups is 1. The summed E-state index contributed by atoms with van der Waals surface area (Å²) in [5, 5.41) is 2.59. The lowest BCUT2D eigenvalue weighted by atomic mass is 9.92. The van der Waals surface area contributed by atoms with E-state index in [0.717, 1.165) is 69.0 Å². The van der Waals surface area contributed by atoms with Gasteiger partial charge in [-0.3, -0.25) is 24.2 Å². The molecule has 1 aromatic heterocycles. The molecule has 4 aliphatic heterocycles. The Morgan fingerprint density at radius 2 is 1.66 bits per heavy atom. The molecule has 2 aromatic carbocycles. The van der Waals surface area contributed by atoms with E-state index in [0.29, 0.717) is 30.3 Å². The Labute approximate surface area is 244 Å². The van der Waals surface area contributed by atoms with E-state index in [9.17, 15) is 14.4 Å². The van der Waals surface area contributed by atoms with Crippen LogP contribution in [0.1, 0.15) is 62.5 Å². The van der Waals surface area contributed by atoms with Gasteiger partial charge in [0.05, 0.1) is 23.4 Å². The Balaban J connectivity index is 0.948. The average molecular weight is 570 g/mol. The minimum Gasteiger partial charge on any atom is -0.371 e. The zero-order valence-corrected chi connectivity index (χ0v) is 24.0. The Hall–Kier alpha value is -3.56. The number of carbonyl (C=O) groups is 3. The average Bonchev–Trinajstić information content (AvgIpc) is 3.63. The summed E-state index contributed by atoms with van der Waals surface area (Å²) in [5.74, 6) is -0.218. The molecular weight excluding hydrogens is 534 g/mol. The molecule has 8 nitrogen and oxygen atoms in total. The van der Waals surface area contributed by atoms with Gasteiger partial charge in [-0.25, -0.2) is 4.98 Å². The number of aromatic nitrogens is 1. The van der Waals surface area contributed by atoms with Crippen LogP contribution < -0.4 is 4.90 Å². The van der Waals surface area contributed by atoms with E-state index >= 15 is 0 Å². The lowest BCUT2D eigenvalue weighted by molar-refractivity contribution is -0.137. The van der Waals surface area contributed by atoms with Crippen LogP contribution in [0, 0.1) is 5.92 Å². The smallest absolute Gasteiger partial charge is 0.264 e. The molecular formula is C32H35N5O3S. The van der Waals surface area contributed by atoms with Crippen molar-refractivity contribution in [2.45, 2.75) is 51.2 Å². The number of nitrogens with zero attached hydrogens (tertiary/aromatic N) is 5. The van der Waals surface area contributed by atoms with Gasteiger partial charge in [-0.2, -0.15) is 0 Å². The number of thiazole rings is 1. The zero-order valence-electron chi connectivity index (χ0n) is 23.2. The second-order valence-corrected chi connectivity index (χ2v) is 12.6. The quantitative estimate of drug-likeness (QED) is 0.429. The van der Waals surface area contributed by atoms with Crippen molar-refractivity contribution in [2.75, 3.05) is 37.6 Å². The summed E-state index contributed by atoms with van der Waals surface area (Å²) in [6.45, 7) is 5.39. The van der Waals surface area contributed by atoms with Crippen molar-refractivity contribution in [3.05, 3.63) is 81.3 Å². The highest BCUT2D eigenvalue weighted by Gasteiger charge is 2.40. The van der Waals surface area contributed by atoms with Crippen LogP contribution in [0.3, 0.4) is 0 Å². The normalized spacial score (nSPS) is 20.4. The van der Waals surface area contributed by atoms with Crippen LogP contribution in [0.5, 0.6) is 0 Å². The number of hydrogen-bond donors (Lipinski definition) is 0. The highest BCUT2D eigenvalue weighted by atomic mass is 32.1. The number of benzene rings is 2. The van der Waals surface area contributed by atoms with E-state index in [1.165, 1.54) is 27.4 Å². The molecule has 5 heterocycles. The maximum absolute atomic E-state index is 13.5. The molecule has 9 heteroatoms. The molecule has 0 aliphatic carbocycles. The van der Waals surface area contributed by atoms with E-state index < -0.39 is 0 Å². The maximum atomic E-state index is 13.5. The van der Waals surface area contributed by atoms with E-state index in [-0.39, 0.29) is 30.2 Å². The predicted molar refractivity (Wildman–Crippen MR) is 158 cm³/mol. The van der Waals surface area contributed by atoms with Gasteiger partial charge in [0, 0.05) is 62.8 Å². The van der Waals surface area contributed by atoms with E-state index in [1.807, 2.05) is 17.5 Å². The molecule has 0 spiro atoms. The molecule has 212 valence electrons. The van der Waals surface area contributed by atoms with Crippen molar-refractivity contribution >= 4 is 34.7 Å². The molecule has 0 N–H and O–H groups in total. The number of piperidine rings is 2. The molecule has 41 heavy (non-hydrogen) atoms. The number of hydrogen-bond acceptors (Lipinski definition) is 7. The molecule has 4 aliphatic rings. The van der Waals surface area contributed by atoms with Gasteiger partial charge in [-0.1, -0.05) is 30.3 Å². The molecule has 0 radical (unpaired) electrons. The summed E-state index contributed by atoms with van der Waals surface area (Å²) in [4.78, 5) is 52.4. The van der Waals surface area contributed by atoms with Gasteiger partial charge in [0.2, 0.25) is 5.91 Å². The highest BCUT2D eigenvalue weighted by molar-refractivity contribution is 7.09. The molecule has 0 atom stereocenters. The fourth-order valence-corrected chi connectivity index (χ4v) is 7.70. The van der Waals surface area contributed by atoms with Crippen LogP contribution in [0.2, 0.25) is 0 Å². The number of anilines is 1. The third kappa shape index (κ3) is 4.95. The molecule has 2 fully saturated rings. The summed E-state index contributed by atoms with van der Waals surface area (Å²) in [7, 11) is 0. The number of rotatable bonds is 5. The summed E-state index contributed by atoms with van der Waals surface area (Å²) in [6.07, 6.45) is 6.40. The van der Waals surface area contributed by atoms with Crippen molar-refractivity contribution < 1.29 is 14.4 Å². The van der Waals surface area contributed by atoms with Gasteiger partial charge >= 0.3 is 0 Å². The SMILES string of the molecule is O=C(C1CCN(c2cccc3c2C(=O)N(Cc2nccs2)C3=O)CC1)N1CCC(N2CCc3ccccc3C2)CC1. The Morgan fingerprint density at radius 1 is 0.878 bits per heavy atom.